The molecule has 20 heavy (non-hydrogen) atoms. The minimum atomic E-state index is -0.819. The molecule has 2 unspecified atom stereocenters. The van der Waals surface area contributed by atoms with Crippen molar-refractivity contribution in [3.05, 3.63) is 26.9 Å². The van der Waals surface area contributed by atoms with Crippen LogP contribution < -0.4 is 5.32 Å². The molecule has 2 N–H and O–H groups in total. The molecule has 1 aromatic rings. The van der Waals surface area contributed by atoms with Crippen molar-refractivity contribution in [1.82, 2.24) is 4.98 Å². The highest BCUT2D eigenvalue weighted by molar-refractivity contribution is 9.10. The molecule has 1 aliphatic rings. The van der Waals surface area contributed by atoms with Crippen LogP contribution >= 0.6 is 15.9 Å². The van der Waals surface area contributed by atoms with Gasteiger partial charge in [0.15, 0.2) is 0 Å². The van der Waals surface area contributed by atoms with Gasteiger partial charge in [0, 0.05) is 12.1 Å². The zero-order valence-corrected chi connectivity index (χ0v) is 12.2. The number of anilines is 1. The van der Waals surface area contributed by atoms with E-state index in [1.807, 2.05) is 0 Å². The van der Waals surface area contributed by atoms with Crippen molar-refractivity contribution in [1.29, 1.82) is 0 Å². The Bertz CT molecular complexity index is 537. The van der Waals surface area contributed by atoms with Gasteiger partial charge in [-0.3, -0.25) is 14.9 Å². The van der Waals surface area contributed by atoms with Crippen LogP contribution in [0.2, 0.25) is 0 Å². The van der Waals surface area contributed by atoms with E-state index in [9.17, 15) is 20.0 Å². The Hall–Kier alpha value is -1.70. The van der Waals surface area contributed by atoms with Gasteiger partial charge in [0.2, 0.25) is 0 Å². The summed E-state index contributed by atoms with van der Waals surface area (Å²) in [5.41, 5.74) is -0.110. The summed E-state index contributed by atoms with van der Waals surface area (Å²) in [5, 5.41) is 22.9. The SMILES string of the molecule is O=C(O)C1CCCCC1Nc1ncc([N+](=O)[O-])cc1Br. The monoisotopic (exact) mass is 343 g/mol. The number of pyridine rings is 1. The van der Waals surface area contributed by atoms with E-state index in [-0.39, 0.29) is 11.7 Å². The van der Waals surface area contributed by atoms with Crippen LogP contribution in [0.5, 0.6) is 0 Å². The number of hydrogen-bond donors (Lipinski definition) is 2. The Morgan fingerprint density at radius 2 is 2.20 bits per heavy atom. The van der Waals surface area contributed by atoms with Crippen molar-refractivity contribution in [2.24, 2.45) is 5.92 Å². The molecule has 2 atom stereocenters. The van der Waals surface area contributed by atoms with E-state index < -0.39 is 16.8 Å². The Morgan fingerprint density at radius 1 is 1.50 bits per heavy atom. The van der Waals surface area contributed by atoms with Gasteiger partial charge in [0.25, 0.3) is 5.69 Å². The molecule has 0 saturated heterocycles. The van der Waals surface area contributed by atoms with E-state index in [0.29, 0.717) is 16.7 Å². The van der Waals surface area contributed by atoms with Gasteiger partial charge >= 0.3 is 5.97 Å². The molecule has 7 nitrogen and oxygen atoms in total. The molecule has 0 bridgehead atoms. The zero-order valence-electron chi connectivity index (χ0n) is 10.6. The summed E-state index contributed by atoms with van der Waals surface area (Å²) in [6.07, 6.45) is 4.42. The van der Waals surface area contributed by atoms with Crippen LogP contribution in [0.4, 0.5) is 11.5 Å². The Labute approximate surface area is 123 Å². The molecule has 0 amide bonds. The third-order valence-electron chi connectivity index (χ3n) is 3.44. The Kier molecular flexibility index (Phi) is 4.53. The number of nitrogens with zero attached hydrogens (tertiary/aromatic N) is 2. The van der Waals surface area contributed by atoms with Gasteiger partial charge in [-0.2, -0.15) is 0 Å². The summed E-state index contributed by atoms with van der Waals surface area (Å²) in [7, 11) is 0. The van der Waals surface area contributed by atoms with Crippen LogP contribution in [0.1, 0.15) is 25.7 Å². The quantitative estimate of drug-likeness (QED) is 0.643. The maximum Gasteiger partial charge on any atom is 0.308 e. The van der Waals surface area contributed by atoms with E-state index in [2.05, 4.69) is 26.2 Å². The molecule has 1 fully saturated rings. The van der Waals surface area contributed by atoms with Crippen LogP contribution in [-0.2, 0) is 4.79 Å². The van der Waals surface area contributed by atoms with Gasteiger partial charge in [0.1, 0.15) is 12.0 Å². The van der Waals surface area contributed by atoms with Crippen molar-refractivity contribution in [3.8, 4) is 0 Å². The fourth-order valence-electron chi connectivity index (χ4n) is 2.41. The van der Waals surface area contributed by atoms with Crippen LogP contribution in [-0.4, -0.2) is 27.0 Å². The molecular weight excluding hydrogens is 330 g/mol. The Balaban J connectivity index is 2.16. The molecule has 0 aromatic carbocycles. The molecule has 108 valence electrons. The first-order valence-corrected chi connectivity index (χ1v) is 7.07. The number of carbonyl (C=O) groups is 1. The first kappa shape index (κ1) is 14.7. The summed E-state index contributed by atoms with van der Waals surface area (Å²) in [4.78, 5) is 25.3. The van der Waals surface area contributed by atoms with E-state index in [1.165, 1.54) is 6.07 Å². The second-order valence-corrected chi connectivity index (χ2v) is 5.62. The van der Waals surface area contributed by atoms with Crippen molar-refractivity contribution >= 4 is 33.4 Å². The molecule has 0 radical (unpaired) electrons. The molecule has 0 spiro atoms. The van der Waals surface area contributed by atoms with Crippen molar-refractivity contribution < 1.29 is 14.8 Å². The first-order chi connectivity index (χ1) is 9.49. The van der Waals surface area contributed by atoms with Crippen molar-refractivity contribution in [2.75, 3.05) is 5.32 Å². The highest BCUT2D eigenvalue weighted by Gasteiger charge is 2.31. The minimum absolute atomic E-state index is 0.110. The lowest BCUT2D eigenvalue weighted by Gasteiger charge is -2.29. The number of hydrogen-bond acceptors (Lipinski definition) is 5. The average Bonchev–Trinajstić information content (AvgIpc) is 2.41. The fourth-order valence-corrected chi connectivity index (χ4v) is 2.86. The van der Waals surface area contributed by atoms with Gasteiger partial charge < -0.3 is 10.4 Å². The van der Waals surface area contributed by atoms with Crippen LogP contribution in [0.3, 0.4) is 0 Å². The molecule has 1 aliphatic carbocycles. The number of rotatable bonds is 4. The number of aliphatic carboxylic acids is 1. The summed E-state index contributed by atoms with van der Waals surface area (Å²) in [6.45, 7) is 0. The smallest absolute Gasteiger partial charge is 0.308 e. The standard InChI is InChI=1S/C12H14BrN3O4/c13-9-5-7(16(19)20)6-14-11(9)15-10-4-2-1-3-8(10)12(17)18/h5-6,8,10H,1-4H2,(H,14,15)(H,17,18). The Morgan fingerprint density at radius 3 is 2.80 bits per heavy atom. The number of nitro groups is 1. The van der Waals surface area contributed by atoms with Crippen LogP contribution in [0.15, 0.2) is 16.7 Å². The third kappa shape index (κ3) is 3.24. The maximum atomic E-state index is 11.2. The lowest BCUT2D eigenvalue weighted by molar-refractivity contribution is -0.385. The van der Waals surface area contributed by atoms with Gasteiger partial charge in [-0.05, 0) is 28.8 Å². The van der Waals surface area contributed by atoms with E-state index in [1.54, 1.807) is 0 Å². The second-order valence-electron chi connectivity index (χ2n) is 4.76. The normalized spacial score (nSPS) is 22.2. The number of halogens is 1. The molecule has 2 rings (SSSR count). The second kappa shape index (κ2) is 6.17. The van der Waals surface area contributed by atoms with Gasteiger partial charge in [-0.1, -0.05) is 12.8 Å². The lowest BCUT2D eigenvalue weighted by atomic mass is 9.84. The predicted molar refractivity (Wildman–Crippen MR) is 75.6 cm³/mol. The highest BCUT2D eigenvalue weighted by atomic mass is 79.9. The third-order valence-corrected chi connectivity index (χ3v) is 4.05. The van der Waals surface area contributed by atoms with Crippen LogP contribution in [0, 0.1) is 16.0 Å². The number of aromatic nitrogens is 1. The van der Waals surface area contributed by atoms with Crippen molar-refractivity contribution in [2.45, 2.75) is 31.7 Å². The molecule has 0 aliphatic heterocycles. The summed E-state index contributed by atoms with van der Waals surface area (Å²) >= 11 is 3.22. The van der Waals surface area contributed by atoms with Gasteiger partial charge in [-0.15, -0.1) is 0 Å². The van der Waals surface area contributed by atoms with Crippen molar-refractivity contribution in [3.63, 3.8) is 0 Å². The molecule has 1 saturated carbocycles. The molecule has 1 heterocycles. The van der Waals surface area contributed by atoms with Gasteiger partial charge in [0.05, 0.1) is 15.3 Å². The summed E-state index contributed by atoms with van der Waals surface area (Å²) < 4.78 is 0.460. The van der Waals surface area contributed by atoms with E-state index >= 15 is 0 Å². The predicted octanol–water partition coefficient (Wildman–Crippen LogP) is 2.81. The number of carboxylic acid groups (broad SMARTS) is 1. The van der Waals surface area contributed by atoms with E-state index in [0.717, 1.165) is 25.5 Å². The highest BCUT2D eigenvalue weighted by Crippen LogP contribution is 2.30. The average molecular weight is 344 g/mol. The maximum absolute atomic E-state index is 11.2. The topological polar surface area (TPSA) is 105 Å². The molecular formula is C12H14BrN3O4. The van der Waals surface area contributed by atoms with Crippen LogP contribution in [0.25, 0.3) is 0 Å². The fraction of sp³-hybridized carbons (Fsp3) is 0.500. The first-order valence-electron chi connectivity index (χ1n) is 6.28. The number of carboxylic acids is 1. The summed E-state index contributed by atoms with van der Waals surface area (Å²) in [6, 6.07) is 1.15. The summed E-state index contributed by atoms with van der Waals surface area (Å²) in [5.74, 6) is -0.832. The molecule has 1 aromatic heterocycles. The number of nitrogens with one attached hydrogen (secondary N) is 1. The van der Waals surface area contributed by atoms with Gasteiger partial charge in [-0.25, -0.2) is 4.98 Å². The van der Waals surface area contributed by atoms with E-state index in [4.69, 9.17) is 0 Å². The molecule has 8 heteroatoms. The zero-order chi connectivity index (χ0) is 14.7. The lowest BCUT2D eigenvalue weighted by Crippen LogP contribution is -2.37. The minimum Gasteiger partial charge on any atom is -0.481 e. The largest absolute Gasteiger partial charge is 0.481 e.